The Labute approximate surface area is 167 Å². The third kappa shape index (κ3) is 5.34. The predicted octanol–water partition coefficient (Wildman–Crippen LogP) is 2.47. The van der Waals surface area contributed by atoms with Crippen molar-refractivity contribution in [2.75, 3.05) is 45.1 Å². The van der Waals surface area contributed by atoms with Crippen molar-refractivity contribution in [3.8, 4) is 11.5 Å². The van der Waals surface area contributed by atoms with E-state index in [1.807, 2.05) is 0 Å². The van der Waals surface area contributed by atoms with Crippen LogP contribution in [0.1, 0.15) is 10.4 Å². The molecule has 0 fully saturated rings. The minimum absolute atomic E-state index is 0.0176. The average molecular weight is 403 g/mol. The van der Waals surface area contributed by atoms with Crippen LogP contribution in [0, 0.1) is 10.1 Å². The molecule has 0 radical (unpaired) electrons. The van der Waals surface area contributed by atoms with Gasteiger partial charge in [-0.25, -0.2) is 4.79 Å². The number of non-ortho nitro benzene ring substituents is 1. The number of nitrogens with zero attached hydrogens (tertiary/aromatic N) is 2. The summed E-state index contributed by atoms with van der Waals surface area (Å²) in [4.78, 5) is 36.6. The Hall–Kier alpha value is -3.82. The molecule has 10 heteroatoms. The number of benzene rings is 2. The Kier molecular flexibility index (Phi) is 6.96. The normalized spacial score (nSPS) is 10.1. The number of ether oxygens (including phenoxy) is 3. The predicted molar refractivity (Wildman–Crippen MR) is 106 cm³/mol. The molecule has 10 nitrogen and oxygen atoms in total. The molecule has 0 aliphatic rings. The molecule has 0 aromatic heterocycles. The number of amides is 1. The second kappa shape index (κ2) is 9.40. The van der Waals surface area contributed by atoms with Crippen LogP contribution < -0.4 is 19.7 Å². The van der Waals surface area contributed by atoms with Gasteiger partial charge in [0.2, 0.25) is 0 Å². The number of nitrogens with one attached hydrogen (secondary N) is 1. The summed E-state index contributed by atoms with van der Waals surface area (Å²) < 4.78 is 15.3. The fourth-order valence-electron chi connectivity index (χ4n) is 2.50. The maximum Gasteiger partial charge on any atom is 0.341 e. The summed E-state index contributed by atoms with van der Waals surface area (Å²) in [7, 11) is 6.29. The number of methoxy groups -OCH3 is 2. The number of hydrogen-bond acceptors (Lipinski definition) is 8. The van der Waals surface area contributed by atoms with Gasteiger partial charge in [-0.15, -0.1) is 0 Å². The molecule has 0 saturated heterocycles. The van der Waals surface area contributed by atoms with Crippen molar-refractivity contribution in [1.29, 1.82) is 0 Å². The molecule has 0 heterocycles. The first-order chi connectivity index (χ1) is 13.8. The molecule has 1 N–H and O–H groups in total. The fraction of sp³-hybridized carbons (Fsp3) is 0.263. The standard InChI is InChI=1S/C19H21N3O7/c1-21(2)16-7-5-12(22(25)26)9-14(16)19(24)29-11-18(23)20-15-10-13(27-3)6-8-17(15)28-4/h5-10H,11H2,1-4H3,(H,20,23). The number of carbonyl (C=O) groups excluding carboxylic acids is 2. The number of esters is 1. The Morgan fingerprint density at radius 1 is 1.10 bits per heavy atom. The topological polar surface area (TPSA) is 120 Å². The molecule has 154 valence electrons. The summed E-state index contributed by atoms with van der Waals surface area (Å²) in [5, 5.41) is 13.6. The highest BCUT2D eigenvalue weighted by molar-refractivity contribution is 5.99. The van der Waals surface area contributed by atoms with Crippen LogP contribution in [0.15, 0.2) is 36.4 Å². The van der Waals surface area contributed by atoms with E-state index < -0.39 is 23.4 Å². The zero-order chi connectivity index (χ0) is 21.6. The highest BCUT2D eigenvalue weighted by Gasteiger charge is 2.20. The van der Waals surface area contributed by atoms with E-state index in [4.69, 9.17) is 14.2 Å². The van der Waals surface area contributed by atoms with Crippen molar-refractivity contribution in [2.45, 2.75) is 0 Å². The lowest BCUT2D eigenvalue weighted by atomic mass is 10.1. The molecular weight excluding hydrogens is 382 g/mol. The molecule has 2 aromatic carbocycles. The maximum atomic E-state index is 12.4. The maximum absolute atomic E-state index is 12.4. The molecular formula is C19H21N3O7. The molecule has 0 aliphatic carbocycles. The third-order valence-electron chi connectivity index (χ3n) is 3.91. The van der Waals surface area contributed by atoms with Gasteiger partial charge in [0.25, 0.3) is 11.6 Å². The smallest absolute Gasteiger partial charge is 0.341 e. The summed E-state index contributed by atoms with van der Waals surface area (Å²) in [6.07, 6.45) is 0. The van der Waals surface area contributed by atoms with Gasteiger partial charge in [-0.05, 0) is 18.2 Å². The molecule has 0 spiro atoms. The van der Waals surface area contributed by atoms with Crippen LogP contribution in [0.3, 0.4) is 0 Å². The van der Waals surface area contributed by atoms with Crippen molar-refractivity contribution in [2.24, 2.45) is 0 Å². The number of hydrogen-bond donors (Lipinski definition) is 1. The SMILES string of the molecule is COc1ccc(OC)c(NC(=O)COC(=O)c2cc([N+](=O)[O-])ccc2N(C)C)c1. The van der Waals surface area contributed by atoms with Gasteiger partial charge in [-0.1, -0.05) is 0 Å². The van der Waals surface area contributed by atoms with E-state index in [0.717, 1.165) is 6.07 Å². The average Bonchev–Trinajstić information content (AvgIpc) is 2.71. The Morgan fingerprint density at radius 3 is 2.41 bits per heavy atom. The van der Waals surface area contributed by atoms with E-state index in [2.05, 4.69) is 5.32 Å². The minimum atomic E-state index is -0.856. The summed E-state index contributed by atoms with van der Waals surface area (Å²) in [6.45, 7) is -0.589. The molecule has 2 aromatic rings. The molecule has 1 amide bonds. The Morgan fingerprint density at radius 2 is 1.83 bits per heavy atom. The lowest BCUT2D eigenvalue weighted by Gasteiger charge is -2.16. The minimum Gasteiger partial charge on any atom is -0.497 e. The third-order valence-corrected chi connectivity index (χ3v) is 3.91. The lowest BCUT2D eigenvalue weighted by Crippen LogP contribution is -2.22. The van der Waals surface area contributed by atoms with Gasteiger partial charge in [0.05, 0.1) is 36.1 Å². The fourth-order valence-corrected chi connectivity index (χ4v) is 2.50. The van der Waals surface area contributed by atoms with E-state index in [0.29, 0.717) is 22.9 Å². The second-order valence-electron chi connectivity index (χ2n) is 6.04. The van der Waals surface area contributed by atoms with Crippen LogP contribution in [-0.2, 0) is 9.53 Å². The lowest BCUT2D eigenvalue weighted by molar-refractivity contribution is -0.384. The quantitative estimate of drug-likeness (QED) is 0.405. The molecule has 0 unspecified atom stereocenters. The van der Waals surface area contributed by atoms with Crippen LogP contribution in [-0.4, -0.2) is 51.7 Å². The Balaban J connectivity index is 2.12. The monoisotopic (exact) mass is 403 g/mol. The zero-order valence-electron chi connectivity index (χ0n) is 16.4. The molecule has 0 bridgehead atoms. The molecule has 0 aliphatic heterocycles. The summed E-state index contributed by atoms with van der Waals surface area (Å²) in [5.41, 5.74) is 0.497. The van der Waals surface area contributed by atoms with E-state index in [9.17, 15) is 19.7 Å². The van der Waals surface area contributed by atoms with Gasteiger partial charge >= 0.3 is 5.97 Å². The molecule has 2 rings (SSSR count). The highest BCUT2D eigenvalue weighted by Crippen LogP contribution is 2.29. The molecule has 29 heavy (non-hydrogen) atoms. The van der Waals surface area contributed by atoms with Crippen molar-refractivity contribution in [1.82, 2.24) is 0 Å². The van der Waals surface area contributed by atoms with Gasteiger partial charge < -0.3 is 24.4 Å². The van der Waals surface area contributed by atoms with E-state index >= 15 is 0 Å². The van der Waals surface area contributed by atoms with Crippen LogP contribution in [0.5, 0.6) is 11.5 Å². The van der Waals surface area contributed by atoms with Crippen LogP contribution in [0.2, 0.25) is 0 Å². The number of carbonyl (C=O) groups is 2. The van der Waals surface area contributed by atoms with Gasteiger partial charge in [0, 0.05) is 32.3 Å². The number of rotatable bonds is 8. The first-order valence-electron chi connectivity index (χ1n) is 8.41. The largest absolute Gasteiger partial charge is 0.497 e. The van der Waals surface area contributed by atoms with Crippen molar-refractivity contribution in [3.05, 3.63) is 52.1 Å². The molecule has 0 atom stereocenters. The van der Waals surface area contributed by atoms with Gasteiger partial charge in [-0.2, -0.15) is 0 Å². The summed E-state index contributed by atoms with van der Waals surface area (Å²) in [6, 6.07) is 8.68. The van der Waals surface area contributed by atoms with E-state index in [-0.39, 0.29) is 11.3 Å². The first-order valence-corrected chi connectivity index (χ1v) is 8.41. The van der Waals surface area contributed by atoms with Gasteiger partial charge in [-0.3, -0.25) is 14.9 Å². The van der Waals surface area contributed by atoms with E-state index in [1.165, 1.54) is 26.4 Å². The van der Waals surface area contributed by atoms with Crippen molar-refractivity contribution >= 4 is 28.9 Å². The van der Waals surface area contributed by atoms with Crippen LogP contribution >= 0.6 is 0 Å². The van der Waals surface area contributed by atoms with Crippen molar-refractivity contribution < 1.29 is 28.7 Å². The Bertz CT molecular complexity index is 928. The van der Waals surface area contributed by atoms with Crippen molar-refractivity contribution in [3.63, 3.8) is 0 Å². The molecule has 0 saturated carbocycles. The second-order valence-corrected chi connectivity index (χ2v) is 6.04. The van der Waals surface area contributed by atoms with Crippen LogP contribution in [0.25, 0.3) is 0 Å². The summed E-state index contributed by atoms with van der Waals surface area (Å²) >= 11 is 0. The number of nitro benzene ring substituents is 1. The highest BCUT2D eigenvalue weighted by atomic mass is 16.6. The zero-order valence-corrected chi connectivity index (χ0v) is 16.4. The van der Waals surface area contributed by atoms with Gasteiger partial charge in [0.15, 0.2) is 6.61 Å². The summed E-state index contributed by atoms with van der Waals surface area (Å²) in [5.74, 6) is -0.559. The first kappa shape index (κ1) is 21.5. The number of nitro groups is 1. The van der Waals surface area contributed by atoms with Crippen LogP contribution in [0.4, 0.5) is 17.1 Å². The number of anilines is 2. The van der Waals surface area contributed by atoms with Gasteiger partial charge in [0.1, 0.15) is 11.5 Å². The van der Waals surface area contributed by atoms with E-state index in [1.54, 1.807) is 37.2 Å².